The van der Waals surface area contributed by atoms with Crippen LogP contribution in [0.5, 0.6) is 11.5 Å². The number of hydrogen-bond donors (Lipinski definition) is 1. The van der Waals surface area contributed by atoms with E-state index < -0.39 is 38.6 Å². The van der Waals surface area contributed by atoms with Crippen LogP contribution in [0.1, 0.15) is 44.4 Å². The molecule has 1 N–H and O–H groups in total. The molecule has 45 heavy (non-hydrogen) atoms. The van der Waals surface area contributed by atoms with E-state index >= 15 is 0 Å². The number of carbonyl (C=O) groups is 1. The summed E-state index contributed by atoms with van der Waals surface area (Å²) in [5, 5.41) is 9.80. The third-order valence-corrected chi connectivity index (χ3v) is 9.68. The van der Waals surface area contributed by atoms with Crippen LogP contribution < -0.4 is 9.47 Å². The first kappa shape index (κ1) is 34.6. The SMILES string of the molecule is COc1ccc(C(OC2COC(COP(OC)N(C(C)C)C(C)C)C2OC(=O)O)(c2ccccc2)c2ccc(OC)cc2)cc1. The summed E-state index contributed by atoms with van der Waals surface area (Å²) >= 11 is 0. The minimum atomic E-state index is -1.43. The predicted molar refractivity (Wildman–Crippen MR) is 172 cm³/mol. The van der Waals surface area contributed by atoms with Crippen molar-refractivity contribution in [2.24, 2.45) is 0 Å². The third kappa shape index (κ3) is 7.95. The molecule has 0 aliphatic carbocycles. The summed E-state index contributed by atoms with van der Waals surface area (Å²) < 4.78 is 43.8. The van der Waals surface area contributed by atoms with Gasteiger partial charge in [0.1, 0.15) is 29.3 Å². The molecule has 1 saturated heterocycles. The van der Waals surface area contributed by atoms with Crippen LogP contribution in [0.2, 0.25) is 0 Å². The lowest BCUT2D eigenvalue weighted by Crippen LogP contribution is -2.45. The molecule has 0 radical (unpaired) electrons. The monoisotopic (exact) mass is 641 g/mol. The lowest BCUT2D eigenvalue weighted by molar-refractivity contribution is -0.0964. The van der Waals surface area contributed by atoms with Crippen LogP contribution in [0.3, 0.4) is 0 Å². The summed E-state index contributed by atoms with van der Waals surface area (Å²) in [6.07, 6.45) is -3.93. The number of carboxylic acid groups (broad SMARTS) is 1. The van der Waals surface area contributed by atoms with Gasteiger partial charge in [-0.2, -0.15) is 0 Å². The van der Waals surface area contributed by atoms with Gasteiger partial charge in [0.15, 0.2) is 6.10 Å². The zero-order valence-electron chi connectivity index (χ0n) is 26.9. The Morgan fingerprint density at radius 3 is 1.82 bits per heavy atom. The molecule has 4 atom stereocenters. The van der Waals surface area contributed by atoms with Crippen molar-refractivity contribution in [3.8, 4) is 11.5 Å². The molecular formula is C34H44NO9P. The molecule has 0 spiro atoms. The van der Waals surface area contributed by atoms with Crippen LogP contribution in [-0.4, -0.2) is 80.9 Å². The minimum absolute atomic E-state index is 0.0523. The third-order valence-electron chi connectivity index (χ3n) is 7.70. The lowest BCUT2D eigenvalue weighted by atomic mass is 9.79. The summed E-state index contributed by atoms with van der Waals surface area (Å²) in [5.74, 6) is 1.38. The topological polar surface area (TPSA) is 105 Å². The average molecular weight is 642 g/mol. The van der Waals surface area contributed by atoms with E-state index in [0.29, 0.717) is 11.5 Å². The van der Waals surface area contributed by atoms with E-state index in [4.69, 9.17) is 32.7 Å². The standard InChI is InChI=1S/C34H44NO9P/c1-23(2)35(24(3)4)45(40-7)42-22-30-32(43-33(36)37)31(21-41-30)44-34(25-11-9-8-10-12-25,26-13-17-28(38-5)18-14-26)27-15-19-29(39-6)20-16-27/h8-20,23-24,30-32H,21-22H2,1-7H3,(H,36,37). The molecule has 4 unspecified atom stereocenters. The maximum atomic E-state index is 12.0. The summed E-state index contributed by atoms with van der Waals surface area (Å²) in [4.78, 5) is 12.0. The Morgan fingerprint density at radius 2 is 1.38 bits per heavy atom. The molecular weight excluding hydrogens is 597 g/mol. The number of nitrogens with zero attached hydrogens (tertiary/aromatic N) is 1. The molecule has 3 aromatic rings. The second-order valence-corrected chi connectivity index (χ2v) is 12.7. The van der Waals surface area contributed by atoms with E-state index in [9.17, 15) is 9.90 Å². The highest BCUT2D eigenvalue weighted by Crippen LogP contribution is 2.47. The van der Waals surface area contributed by atoms with Crippen LogP contribution in [0, 0.1) is 0 Å². The van der Waals surface area contributed by atoms with Crippen molar-refractivity contribution in [1.29, 1.82) is 0 Å². The fourth-order valence-corrected chi connectivity index (χ4v) is 7.20. The first-order valence-corrected chi connectivity index (χ1v) is 16.1. The maximum absolute atomic E-state index is 12.0. The molecule has 1 fully saturated rings. The van der Waals surface area contributed by atoms with Gasteiger partial charge in [0.05, 0.1) is 27.4 Å². The normalized spacial score (nSPS) is 19.2. The molecule has 0 aromatic heterocycles. The van der Waals surface area contributed by atoms with Gasteiger partial charge in [-0.05, 0) is 68.7 Å². The van der Waals surface area contributed by atoms with E-state index in [-0.39, 0.29) is 25.3 Å². The lowest BCUT2D eigenvalue weighted by Gasteiger charge is -2.39. The van der Waals surface area contributed by atoms with Gasteiger partial charge in [-0.25, -0.2) is 9.46 Å². The Balaban J connectivity index is 1.75. The molecule has 1 heterocycles. The average Bonchev–Trinajstić information content (AvgIpc) is 3.41. The smallest absolute Gasteiger partial charge is 0.497 e. The van der Waals surface area contributed by atoms with Gasteiger partial charge in [0, 0.05) is 19.2 Å². The van der Waals surface area contributed by atoms with Crippen molar-refractivity contribution in [3.05, 3.63) is 95.6 Å². The van der Waals surface area contributed by atoms with E-state index in [1.54, 1.807) is 21.3 Å². The summed E-state index contributed by atoms with van der Waals surface area (Å²) in [6.45, 7) is 8.43. The van der Waals surface area contributed by atoms with Crippen molar-refractivity contribution in [3.63, 3.8) is 0 Å². The van der Waals surface area contributed by atoms with Gasteiger partial charge in [-0.3, -0.25) is 0 Å². The molecule has 1 aliphatic rings. The summed E-state index contributed by atoms with van der Waals surface area (Å²) in [7, 11) is 3.40. The van der Waals surface area contributed by atoms with Gasteiger partial charge in [-0.15, -0.1) is 0 Å². The number of benzene rings is 3. The fourth-order valence-electron chi connectivity index (χ4n) is 5.74. The minimum Gasteiger partial charge on any atom is -0.497 e. The van der Waals surface area contributed by atoms with Gasteiger partial charge < -0.3 is 37.8 Å². The Morgan fingerprint density at radius 1 is 0.867 bits per heavy atom. The van der Waals surface area contributed by atoms with E-state index in [0.717, 1.165) is 16.7 Å². The van der Waals surface area contributed by atoms with Crippen molar-refractivity contribution >= 4 is 14.7 Å². The molecule has 244 valence electrons. The Labute approximate surface area is 267 Å². The molecule has 0 amide bonds. The second kappa shape index (κ2) is 15.9. The molecule has 11 heteroatoms. The van der Waals surface area contributed by atoms with E-state index in [2.05, 4.69) is 32.4 Å². The Hall–Kier alpha value is -3.24. The molecule has 3 aromatic carbocycles. The van der Waals surface area contributed by atoms with Crippen LogP contribution in [-0.2, 0) is 28.9 Å². The number of hydrogen-bond acceptors (Lipinski definition) is 9. The maximum Gasteiger partial charge on any atom is 0.506 e. The van der Waals surface area contributed by atoms with Gasteiger partial charge in [-0.1, -0.05) is 54.6 Å². The van der Waals surface area contributed by atoms with E-state index in [1.807, 2.05) is 78.9 Å². The predicted octanol–water partition coefficient (Wildman–Crippen LogP) is 6.85. The van der Waals surface area contributed by atoms with Crippen LogP contribution in [0.4, 0.5) is 4.79 Å². The largest absolute Gasteiger partial charge is 0.506 e. The zero-order chi connectivity index (χ0) is 32.6. The molecule has 1 aliphatic heterocycles. The zero-order valence-corrected chi connectivity index (χ0v) is 27.8. The van der Waals surface area contributed by atoms with Crippen molar-refractivity contribution in [2.45, 2.75) is 63.7 Å². The Kier molecular flexibility index (Phi) is 12.2. The highest BCUT2D eigenvalue weighted by atomic mass is 31.2. The van der Waals surface area contributed by atoms with Crippen molar-refractivity contribution in [1.82, 2.24) is 4.67 Å². The van der Waals surface area contributed by atoms with Gasteiger partial charge in [0.25, 0.3) is 8.53 Å². The number of methoxy groups -OCH3 is 2. The Bertz CT molecular complexity index is 1280. The highest BCUT2D eigenvalue weighted by Gasteiger charge is 2.48. The fraction of sp³-hybridized carbons (Fsp3) is 0.441. The first-order valence-electron chi connectivity index (χ1n) is 14.9. The van der Waals surface area contributed by atoms with Gasteiger partial charge in [0.2, 0.25) is 0 Å². The molecule has 0 saturated carbocycles. The van der Waals surface area contributed by atoms with Crippen molar-refractivity contribution < 1.29 is 42.6 Å². The van der Waals surface area contributed by atoms with Crippen LogP contribution >= 0.6 is 8.53 Å². The summed E-state index contributed by atoms with van der Waals surface area (Å²) in [6, 6.07) is 25.4. The quantitative estimate of drug-likeness (QED) is 0.108. The van der Waals surface area contributed by atoms with E-state index in [1.165, 1.54) is 0 Å². The summed E-state index contributed by atoms with van der Waals surface area (Å²) in [5.41, 5.74) is 1.26. The van der Waals surface area contributed by atoms with Gasteiger partial charge >= 0.3 is 6.16 Å². The molecule has 4 rings (SSSR count). The highest BCUT2D eigenvalue weighted by molar-refractivity contribution is 7.44. The number of rotatable bonds is 15. The molecule has 0 bridgehead atoms. The first-order chi connectivity index (χ1) is 21.6. The van der Waals surface area contributed by atoms with Crippen LogP contribution in [0.15, 0.2) is 78.9 Å². The van der Waals surface area contributed by atoms with Crippen LogP contribution in [0.25, 0.3) is 0 Å². The second-order valence-electron chi connectivity index (χ2n) is 11.2. The molecule has 10 nitrogen and oxygen atoms in total. The van der Waals surface area contributed by atoms with Crippen molar-refractivity contribution in [2.75, 3.05) is 34.5 Å². The number of ether oxygens (including phenoxy) is 5.